The lowest BCUT2D eigenvalue weighted by Crippen LogP contribution is -2.52. The smallest absolute Gasteiger partial charge is 0.379 e. The highest BCUT2D eigenvalue weighted by molar-refractivity contribution is 5.81. The van der Waals surface area contributed by atoms with Crippen molar-refractivity contribution >= 4 is 11.5 Å². The number of nitrogens with one attached hydrogen (secondary N) is 1. The van der Waals surface area contributed by atoms with Gasteiger partial charge in [-0.15, -0.1) is 0 Å². The molecule has 0 bridgehead atoms. The van der Waals surface area contributed by atoms with E-state index in [0.717, 1.165) is 30.9 Å². The van der Waals surface area contributed by atoms with Crippen molar-refractivity contribution in [2.75, 3.05) is 32.9 Å². The highest BCUT2D eigenvalue weighted by Gasteiger charge is 2.34. The van der Waals surface area contributed by atoms with Crippen LogP contribution >= 0.6 is 0 Å². The molecular formula is C28H41F3N2O3. The standard InChI is InChI=1S/C28H41F3N2O3/c1-5-23(32-25-12-15-35-18-26(25)36-6-2)17-24(19(3)4)27(34)33-13-10-20(11-14-33)21-8-7-9-22(16-21)28(29,30)31/h7-10,16,19,23-26,32H,5-6,11-15,17-18H2,1-4H3. The maximum atomic E-state index is 13.6. The van der Waals surface area contributed by atoms with Gasteiger partial charge in [-0.25, -0.2) is 0 Å². The van der Waals surface area contributed by atoms with Gasteiger partial charge in [-0.05, 0) is 61.8 Å². The Hall–Kier alpha value is -1.90. The number of carbonyl (C=O) groups excluding carboxylic acids is 1. The van der Waals surface area contributed by atoms with Gasteiger partial charge in [0.05, 0.1) is 18.3 Å². The van der Waals surface area contributed by atoms with Crippen LogP contribution in [0.2, 0.25) is 0 Å². The summed E-state index contributed by atoms with van der Waals surface area (Å²) in [5.41, 5.74) is 0.794. The average molecular weight is 511 g/mol. The Kier molecular flexibility index (Phi) is 10.4. The molecule has 1 amide bonds. The molecule has 0 radical (unpaired) electrons. The fourth-order valence-corrected chi connectivity index (χ4v) is 5.16. The zero-order valence-electron chi connectivity index (χ0n) is 21.9. The van der Waals surface area contributed by atoms with Gasteiger partial charge in [-0.2, -0.15) is 13.2 Å². The lowest BCUT2D eigenvalue weighted by molar-refractivity contribution is -0.138. The summed E-state index contributed by atoms with van der Waals surface area (Å²) < 4.78 is 50.8. The predicted octanol–water partition coefficient (Wildman–Crippen LogP) is 5.55. The quantitative estimate of drug-likeness (QED) is 0.449. The molecule has 36 heavy (non-hydrogen) atoms. The monoisotopic (exact) mass is 510 g/mol. The molecule has 4 atom stereocenters. The minimum Gasteiger partial charge on any atom is -0.379 e. The molecule has 4 unspecified atom stereocenters. The highest BCUT2D eigenvalue weighted by atomic mass is 19.4. The third-order valence-corrected chi connectivity index (χ3v) is 7.37. The number of alkyl halides is 3. The second kappa shape index (κ2) is 13.1. The third-order valence-electron chi connectivity index (χ3n) is 7.37. The van der Waals surface area contributed by atoms with Crippen molar-refractivity contribution in [3.63, 3.8) is 0 Å². The van der Waals surface area contributed by atoms with Crippen molar-refractivity contribution in [3.05, 3.63) is 41.5 Å². The van der Waals surface area contributed by atoms with Crippen molar-refractivity contribution in [2.45, 2.75) is 77.7 Å². The van der Waals surface area contributed by atoms with Gasteiger partial charge in [0.2, 0.25) is 5.91 Å². The molecule has 8 heteroatoms. The van der Waals surface area contributed by atoms with Gasteiger partial charge in [0.15, 0.2) is 0 Å². The summed E-state index contributed by atoms with van der Waals surface area (Å²) in [6, 6.07) is 5.83. The predicted molar refractivity (Wildman–Crippen MR) is 135 cm³/mol. The van der Waals surface area contributed by atoms with Crippen LogP contribution in [0.25, 0.3) is 5.57 Å². The maximum Gasteiger partial charge on any atom is 0.416 e. The van der Waals surface area contributed by atoms with Crippen LogP contribution in [0.1, 0.15) is 64.5 Å². The Balaban J connectivity index is 1.64. The number of carbonyl (C=O) groups is 1. The number of hydrogen-bond acceptors (Lipinski definition) is 4. The van der Waals surface area contributed by atoms with Crippen LogP contribution in [-0.2, 0) is 20.4 Å². The van der Waals surface area contributed by atoms with E-state index in [1.54, 1.807) is 6.07 Å². The van der Waals surface area contributed by atoms with E-state index in [4.69, 9.17) is 9.47 Å². The normalized spacial score (nSPS) is 22.9. The summed E-state index contributed by atoms with van der Waals surface area (Å²) in [5, 5.41) is 3.75. The molecular weight excluding hydrogens is 469 g/mol. The SMILES string of the molecule is CCOC1COCCC1NC(CC)CC(C(=O)N1CC=C(c2cccc(C(F)(F)F)c2)CC1)C(C)C. The van der Waals surface area contributed by atoms with Gasteiger partial charge < -0.3 is 19.7 Å². The van der Waals surface area contributed by atoms with Crippen molar-refractivity contribution in [2.24, 2.45) is 11.8 Å². The summed E-state index contributed by atoms with van der Waals surface area (Å²) in [7, 11) is 0. The van der Waals surface area contributed by atoms with E-state index in [-0.39, 0.29) is 35.9 Å². The highest BCUT2D eigenvalue weighted by Crippen LogP contribution is 2.33. The topological polar surface area (TPSA) is 50.8 Å². The van der Waals surface area contributed by atoms with Gasteiger partial charge >= 0.3 is 6.18 Å². The Labute approximate surface area is 213 Å². The minimum absolute atomic E-state index is 0.0208. The van der Waals surface area contributed by atoms with Gasteiger partial charge in [-0.3, -0.25) is 4.79 Å². The first-order chi connectivity index (χ1) is 17.1. The Morgan fingerprint density at radius 2 is 2.06 bits per heavy atom. The minimum atomic E-state index is -4.37. The van der Waals surface area contributed by atoms with Crippen LogP contribution in [0.3, 0.4) is 0 Å². The van der Waals surface area contributed by atoms with Crippen molar-refractivity contribution in [1.29, 1.82) is 0 Å². The van der Waals surface area contributed by atoms with E-state index in [0.29, 0.717) is 44.9 Å². The van der Waals surface area contributed by atoms with Gasteiger partial charge in [0, 0.05) is 44.3 Å². The van der Waals surface area contributed by atoms with Crippen LogP contribution < -0.4 is 5.32 Å². The zero-order valence-corrected chi connectivity index (χ0v) is 21.9. The van der Waals surface area contributed by atoms with Crippen LogP contribution in [-0.4, -0.2) is 61.9 Å². The molecule has 2 aliphatic rings. The van der Waals surface area contributed by atoms with Gasteiger partial charge in [0.25, 0.3) is 0 Å². The van der Waals surface area contributed by atoms with E-state index in [2.05, 4.69) is 26.1 Å². The number of rotatable bonds is 10. The fourth-order valence-electron chi connectivity index (χ4n) is 5.16. The van der Waals surface area contributed by atoms with E-state index in [9.17, 15) is 18.0 Å². The molecule has 2 heterocycles. The van der Waals surface area contributed by atoms with Gasteiger partial charge in [-0.1, -0.05) is 39.0 Å². The number of nitrogens with zero attached hydrogens (tertiary/aromatic N) is 1. The second-order valence-corrected chi connectivity index (χ2v) is 10.2. The van der Waals surface area contributed by atoms with E-state index >= 15 is 0 Å². The molecule has 0 saturated carbocycles. The van der Waals surface area contributed by atoms with Crippen LogP contribution in [0, 0.1) is 11.8 Å². The van der Waals surface area contributed by atoms with Crippen molar-refractivity contribution in [3.8, 4) is 0 Å². The molecule has 5 nitrogen and oxygen atoms in total. The van der Waals surface area contributed by atoms with Crippen LogP contribution in [0.15, 0.2) is 30.3 Å². The fraction of sp³-hybridized carbons (Fsp3) is 0.679. The maximum absolute atomic E-state index is 13.6. The number of hydrogen-bond donors (Lipinski definition) is 1. The Bertz CT molecular complexity index is 885. The first kappa shape index (κ1) is 28.7. The molecule has 0 aromatic heterocycles. The summed E-state index contributed by atoms with van der Waals surface area (Å²) in [5.74, 6) is 0.175. The molecule has 202 valence electrons. The van der Waals surface area contributed by atoms with E-state index in [1.165, 1.54) is 12.1 Å². The molecule has 1 saturated heterocycles. The molecule has 0 aliphatic carbocycles. The summed E-state index contributed by atoms with van der Waals surface area (Å²) >= 11 is 0. The van der Waals surface area contributed by atoms with Gasteiger partial charge in [0.1, 0.15) is 0 Å². The third kappa shape index (κ3) is 7.56. The van der Waals surface area contributed by atoms with Crippen molar-refractivity contribution in [1.82, 2.24) is 10.2 Å². The number of ether oxygens (including phenoxy) is 2. The summed E-state index contributed by atoms with van der Waals surface area (Å²) in [6.07, 6.45) is 0.638. The summed E-state index contributed by atoms with van der Waals surface area (Å²) in [6.45, 7) is 11.2. The van der Waals surface area contributed by atoms with Crippen LogP contribution in [0.4, 0.5) is 13.2 Å². The van der Waals surface area contributed by atoms with Crippen molar-refractivity contribution < 1.29 is 27.4 Å². The largest absolute Gasteiger partial charge is 0.416 e. The molecule has 1 aromatic carbocycles. The molecule has 1 aromatic rings. The zero-order chi connectivity index (χ0) is 26.3. The Morgan fingerprint density at radius 1 is 1.28 bits per heavy atom. The number of amides is 1. The molecule has 2 aliphatic heterocycles. The summed E-state index contributed by atoms with van der Waals surface area (Å²) in [4.78, 5) is 15.4. The second-order valence-electron chi connectivity index (χ2n) is 10.2. The molecule has 1 N–H and O–H groups in total. The Morgan fingerprint density at radius 3 is 2.67 bits per heavy atom. The molecule has 3 rings (SSSR count). The lowest BCUT2D eigenvalue weighted by Gasteiger charge is -2.37. The molecule has 0 spiro atoms. The molecule has 1 fully saturated rings. The lowest BCUT2D eigenvalue weighted by atomic mass is 9.86. The number of benzene rings is 1. The first-order valence-electron chi connectivity index (χ1n) is 13.2. The average Bonchev–Trinajstić information content (AvgIpc) is 2.86. The first-order valence-corrected chi connectivity index (χ1v) is 13.2. The van der Waals surface area contributed by atoms with E-state index in [1.807, 2.05) is 17.9 Å². The van der Waals surface area contributed by atoms with Crippen LogP contribution in [0.5, 0.6) is 0 Å². The number of halogens is 3. The van der Waals surface area contributed by atoms with E-state index < -0.39 is 11.7 Å².